The lowest BCUT2D eigenvalue weighted by Crippen LogP contribution is -2.27. The third-order valence-corrected chi connectivity index (χ3v) is 4.17. The Balaban J connectivity index is 1.60. The van der Waals surface area contributed by atoms with E-state index < -0.39 is 0 Å². The molecular formula is C17H19FO2. The minimum Gasteiger partial charge on any atom is -0.458 e. The van der Waals surface area contributed by atoms with E-state index in [1.165, 1.54) is 12.1 Å². The van der Waals surface area contributed by atoms with E-state index >= 15 is 0 Å². The van der Waals surface area contributed by atoms with Crippen molar-refractivity contribution in [3.63, 3.8) is 0 Å². The number of halogens is 1. The molecule has 2 aliphatic carbocycles. The van der Waals surface area contributed by atoms with Gasteiger partial charge in [-0.05, 0) is 49.8 Å². The molecule has 0 N–H and O–H groups in total. The zero-order valence-electron chi connectivity index (χ0n) is 11.5. The lowest BCUT2D eigenvalue weighted by Gasteiger charge is -2.22. The molecule has 0 bridgehead atoms. The third kappa shape index (κ3) is 3.09. The Bertz CT molecular complexity index is 514. The summed E-state index contributed by atoms with van der Waals surface area (Å²) < 4.78 is 18.7. The van der Waals surface area contributed by atoms with Crippen LogP contribution in [0.15, 0.2) is 36.4 Å². The van der Waals surface area contributed by atoms with Gasteiger partial charge in [0.15, 0.2) is 0 Å². The summed E-state index contributed by atoms with van der Waals surface area (Å²) in [5.41, 5.74) is 0.705. The highest BCUT2D eigenvalue weighted by atomic mass is 19.1. The van der Waals surface area contributed by atoms with E-state index in [1.807, 2.05) is 0 Å². The van der Waals surface area contributed by atoms with Crippen LogP contribution in [0.5, 0.6) is 0 Å². The van der Waals surface area contributed by atoms with Crippen molar-refractivity contribution in [3.05, 3.63) is 47.8 Å². The molecule has 0 saturated heterocycles. The second-order valence-electron chi connectivity index (χ2n) is 5.89. The molecular weight excluding hydrogens is 255 g/mol. The minimum atomic E-state index is -0.323. The van der Waals surface area contributed by atoms with Crippen LogP contribution in [0, 0.1) is 11.7 Å². The highest BCUT2D eigenvalue weighted by Gasteiger charge is 2.47. The first-order valence-corrected chi connectivity index (χ1v) is 7.29. The maximum atomic E-state index is 12.9. The fourth-order valence-electron chi connectivity index (χ4n) is 2.73. The van der Waals surface area contributed by atoms with Crippen LogP contribution in [0.25, 0.3) is 0 Å². The predicted octanol–water partition coefficient (Wildman–Crippen LogP) is 3.80. The smallest absolute Gasteiger partial charge is 0.309 e. The number of allylic oxidation sites excluding steroid dienone is 2. The van der Waals surface area contributed by atoms with Gasteiger partial charge >= 0.3 is 5.97 Å². The first-order valence-electron chi connectivity index (χ1n) is 7.29. The van der Waals surface area contributed by atoms with Gasteiger partial charge in [0.2, 0.25) is 0 Å². The van der Waals surface area contributed by atoms with Crippen molar-refractivity contribution >= 4 is 5.97 Å². The topological polar surface area (TPSA) is 26.3 Å². The quantitative estimate of drug-likeness (QED) is 0.616. The first kappa shape index (κ1) is 13.3. The maximum Gasteiger partial charge on any atom is 0.309 e. The van der Waals surface area contributed by atoms with Gasteiger partial charge in [-0.1, -0.05) is 24.3 Å². The highest BCUT2D eigenvalue weighted by Crippen LogP contribution is 2.43. The normalized spacial score (nSPS) is 23.4. The summed E-state index contributed by atoms with van der Waals surface area (Å²) >= 11 is 0. The van der Waals surface area contributed by atoms with Gasteiger partial charge in [0.25, 0.3) is 0 Å². The molecule has 0 amide bonds. The number of esters is 1. The Hall–Kier alpha value is -1.64. The zero-order chi connectivity index (χ0) is 14.0. The summed E-state index contributed by atoms with van der Waals surface area (Å²) in [6, 6.07) is 6.46. The van der Waals surface area contributed by atoms with Gasteiger partial charge in [0.05, 0.1) is 5.92 Å². The van der Waals surface area contributed by atoms with Gasteiger partial charge in [-0.3, -0.25) is 4.79 Å². The Morgan fingerprint density at radius 3 is 2.60 bits per heavy atom. The molecule has 3 rings (SSSR count). The largest absolute Gasteiger partial charge is 0.458 e. The SMILES string of the molecule is O=C(OC1(Cc2ccc(F)cc2)CC1)C1CC=CCC1. The van der Waals surface area contributed by atoms with Gasteiger partial charge in [0.1, 0.15) is 11.4 Å². The number of carbonyl (C=O) groups excluding carboxylic acids is 1. The molecule has 0 aliphatic heterocycles. The van der Waals surface area contributed by atoms with Crippen molar-refractivity contribution in [1.29, 1.82) is 0 Å². The fourth-order valence-corrected chi connectivity index (χ4v) is 2.73. The number of carbonyl (C=O) groups is 1. The van der Waals surface area contributed by atoms with Crippen LogP contribution in [0.1, 0.15) is 37.7 Å². The van der Waals surface area contributed by atoms with E-state index in [1.54, 1.807) is 12.1 Å². The number of hydrogen-bond acceptors (Lipinski definition) is 2. The van der Waals surface area contributed by atoms with Crippen LogP contribution in [0.2, 0.25) is 0 Å². The van der Waals surface area contributed by atoms with E-state index in [0.29, 0.717) is 6.42 Å². The molecule has 3 heteroatoms. The van der Waals surface area contributed by atoms with E-state index in [2.05, 4.69) is 12.2 Å². The molecule has 1 fully saturated rings. The molecule has 1 saturated carbocycles. The molecule has 1 atom stereocenters. The third-order valence-electron chi connectivity index (χ3n) is 4.17. The Morgan fingerprint density at radius 1 is 1.25 bits per heavy atom. The molecule has 0 aromatic heterocycles. The minimum absolute atomic E-state index is 0.0192. The highest BCUT2D eigenvalue weighted by molar-refractivity contribution is 5.73. The summed E-state index contributed by atoms with van der Waals surface area (Å²) in [5, 5.41) is 0. The van der Waals surface area contributed by atoms with E-state index in [-0.39, 0.29) is 23.3 Å². The summed E-state index contributed by atoms with van der Waals surface area (Å²) in [6.07, 6.45) is 9.36. The number of ether oxygens (including phenoxy) is 1. The monoisotopic (exact) mass is 274 g/mol. The lowest BCUT2D eigenvalue weighted by atomic mass is 9.94. The summed E-state index contributed by atoms with van der Waals surface area (Å²) in [4.78, 5) is 12.2. The molecule has 1 aromatic carbocycles. The molecule has 0 radical (unpaired) electrons. The van der Waals surface area contributed by atoms with Gasteiger partial charge in [-0.15, -0.1) is 0 Å². The van der Waals surface area contributed by atoms with Crippen LogP contribution >= 0.6 is 0 Å². The second kappa shape index (κ2) is 5.39. The molecule has 1 aromatic rings. The van der Waals surface area contributed by atoms with Crippen LogP contribution in [-0.4, -0.2) is 11.6 Å². The standard InChI is InChI=1S/C17H19FO2/c18-15-8-6-13(7-9-15)12-17(10-11-17)20-16(19)14-4-2-1-3-5-14/h1-2,6-9,14H,3-5,10-12H2. The van der Waals surface area contributed by atoms with Crippen molar-refractivity contribution in [2.45, 2.75) is 44.1 Å². The Labute approximate surface area is 118 Å². The van der Waals surface area contributed by atoms with E-state index in [0.717, 1.165) is 37.7 Å². The Kier molecular flexibility index (Phi) is 3.60. The number of benzene rings is 1. The molecule has 2 aliphatic rings. The maximum absolute atomic E-state index is 12.9. The van der Waals surface area contributed by atoms with Crippen LogP contribution in [0.3, 0.4) is 0 Å². The van der Waals surface area contributed by atoms with Crippen LogP contribution < -0.4 is 0 Å². The second-order valence-corrected chi connectivity index (χ2v) is 5.89. The first-order chi connectivity index (χ1) is 9.67. The van der Waals surface area contributed by atoms with Gasteiger partial charge in [0, 0.05) is 6.42 Å². The van der Waals surface area contributed by atoms with E-state index in [9.17, 15) is 9.18 Å². The van der Waals surface area contributed by atoms with Crippen molar-refractivity contribution in [1.82, 2.24) is 0 Å². The zero-order valence-corrected chi connectivity index (χ0v) is 11.5. The number of rotatable bonds is 4. The molecule has 0 spiro atoms. The fraction of sp³-hybridized carbons (Fsp3) is 0.471. The van der Waals surface area contributed by atoms with Crippen molar-refractivity contribution < 1.29 is 13.9 Å². The summed E-state index contributed by atoms with van der Waals surface area (Å²) in [7, 11) is 0. The molecule has 1 unspecified atom stereocenters. The molecule has 2 nitrogen and oxygen atoms in total. The van der Waals surface area contributed by atoms with Crippen LogP contribution in [-0.2, 0) is 16.0 Å². The average molecular weight is 274 g/mol. The van der Waals surface area contributed by atoms with Crippen molar-refractivity contribution in [2.24, 2.45) is 5.92 Å². The summed E-state index contributed by atoms with van der Waals surface area (Å²) in [5.74, 6) is -0.274. The van der Waals surface area contributed by atoms with Gasteiger partial charge in [-0.25, -0.2) is 4.39 Å². The number of hydrogen-bond donors (Lipinski definition) is 0. The molecule has 20 heavy (non-hydrogen) atoms. The van der Waals surface area contributed by atoms with Gasteiger partial charge < -0.3 is 4.74 Å². The Morgan fingerprint density at radius 2 is 2.00 bits per heavy atom. The predicted molar refractivity (Wildman–Crippen MR) is 74.6 cm³/mol. The molecule has 106 valence electrons. The lowest BCUT2D eigenvalue weighted by molar-refractivity contribution is -0.156. The molecule has 0 heterocycles. The van der Waals surface area contributed by atoms with Gasteiger partial charge in [-0.2, -0.15) is 0 Å². The summed E-state index contributed by atoms with van der Waals surface area (Å²) in [6.45, 7) is 0. The van der Waals surface area contributed by atoms with E-state index in [4.69, 9.17) is 4.74 Å². The average Bonchev–Trinajstić information content (AvgIpc) is 3.22. The van der Waals surface area contributed by atoms with Crippen molar-refractivity contribution in [2.75, 3.05) is 0 Å². The van der Waals surface area contributed by atoms with Crippen molar-refractivity contribution in [3.8, 4) is 0 Å². The van der Waals surface area contributed by atoms with Crippen LogP contribution in [0.4, 0.5) is 4.39 Å².